The molecule has 6 nitrogen and oxygen atoms in total. The van der Waals surface area contributed by atoms with Crippen LogP contribution in [0.25, 0.3) is 22.1 Å². The van der Waals surface area contributed by atoms with E-state index in [2.05, 4.69) is 0 Å². The number of methoxy groups -OCH3 is 2. The highest BCUT2D eigenvalue weighted by atomic mass is 35.5. The molecule has 0 atom stereocenters. The fourth-order valence-electron chi connectivity index (χ4n) is 4.32. The smallest absolute Gasteiger partial charge is 0.336 e. The molecule has 0 radical (unpaired) electrons. The quantitative estimate of drug-likeness (QED) is 0.357. The minimum atomic E-state index is -0.389. The Hall–Kier alpha value is -3.64. The van der Waals surface area contributed by atoms with E-state index in [-0.39, 0.29) is 5.63 Å². The van der Waals surface area contributed by atoms with Crippen LogP contribution in [0.1, 0.15) is 11.1 Å². The van der Waals surface area contributed by atoms with Crippen molar-refractivity contribution in [3.8, 4) is 28.4 Å². The number of nitrogens with zero attached hydrogens (tertiary/aromatic N) is 1. The van der Waals surface area contributed by atoms with E-state index in [0.717, 1.165) is 39.1 Å². The van der Waals surface area contributed by atoms with E-state index in [1.165, 1.54) is 6.07 Å². The molecule has 0 aliphatic carbocycles. The van der Waals surface area contributed by atoms with Gasteiger partial charge in [0.1, 0.15) is 22.8 Å². The number of hydrogen-bond donors (Lipinski definition) is 0. The molecule has 2 heterocycles. The third kappa shape index (κ3) is 3.66. The molecule has 0 unspecified atom stereocenters. The van der Waals surface area contributed by atoms with E-state index in [0.29, 0.717) is 35.4 Å². The van der Waals surface area contributed by atoms with E-state index >= 15 is 0 Å². The van der Waals surface area contributed by atoms with Crippen LogP contribution in [-0.4, -0.2) is 21.0 Å². The van der Waals surface area contributed by atoms with Gasteiger partial charge in [-0.25, -0.2) is 4.79 Å². The molecule has 33 heavy (non-hydrogen) atoms. The highest BCUT2D eigenvalue weighted by Crippen LogP contribution is 2.43. The molecular formula is C26H22ClNO5. The van der Waals surface area contributed by atoms with Crippen molar-refractivity contribution < 1.29 is 18.6 Å². The average molecular weight is 464 g/mol. The largest absolute Gasteiger partial charge is 0.495 e. The first kappa shape index (κ1) is 21.2. The Morgan fingerprint density at radius 3 is 2.48 bits per heavy atom. The first-order valence-electron chi connectivity index (χ1n) is 10.4. The topological polar surface area (TPSA) is 61.1 Å². The van der Waals surface area contributed by atoms with Crippen LogP contribution in [0.15, 0.2) is 63.8 Å². The van der Waals surface area contributed by atoms with Crippen molar-refractivity contribution in [1.82, 2.24) is 0 Å². The summed E-state index contributed by atoms with van der Waals surface area (Å²) in [6.07, 6.45) is 0. The van der Waals surface area contributed by atoms with Crippen LogP contribution in [0.4, 0.5) is 5.69 Å². The Kier molecular flexibility index (Phi) is 5.38. The summed E-state index contributed by atoms with van der Waals surface area (Å²) < 4.78 is 22.7. The monoisotopic (exact) mass is 463 g/mol. The molecule has 1 aliphatic heterocycles. The lowest BCUT2D eigenvalue weighted by Crippen LogP contribution is -2.32. The molecule has 0 fully saturated rings. The summed E-state index contributed by atoms with van der Waals surface area (Å²) in [5, 5.41) is 1.35. The SMILES string of the molecule is COc1cc(OC)c(N2COc3c(cc4c(-c5ccccc5)cc(=O)oc4c3C)C2)cc1Cl. The number of fused-ring (bicyclic) bond motifs is 2. The summed E-state index contributed by atoms with van der Waals surface area (Å²) in [6.45, 7) is 2.78. The number of anilines is 1. The van der Waals surface area contributed by atoms with Gasteiger partial charge in [-0.1, -0.05) is 41.9 Å². The van der Waals surface area contributed by atoms with Crippen molar-refractivity contribution in [2.45, 2.75) is 13.5 Å². The first-order valence-corrected chi connectivity index (χ1v) is 10.8. The Bertz CT molecular complexity index is 1410. The maximum Gasteiger partial charge on any atom is 0.336 e. The van der Waals surface area contributed by atoms with Crippen molar-refractivity contribution in [1.29, 1.82) is 0 Å². The van der Waals surface area contributed by atoms with Gasteiger partial charge in [0.2, 0.25) is 0 Å². The molecule has 0 saturated carbocycles. The second-order valence-electron chi connectivity index (χ2n) is 7.84. The lowest BCUT2D eigenvalue weighted by molar-refractivity contribution is 0.285. The summed E-state index contributed by atoms with van der Waals surface area (Å²) in [7, 11) is 3.17. The van der Waals surface area contributed by atoms with Crippen molar-refractivity contribution in [3.05, 3.63) is 81.2 Å². The second-order valence-corrected chi connectivity index (χ2v) is 8.25. The van der Waals surface area contributed by atoms with Gasteiger partial charge in [0.25, 0.3) is 0 Å². The highest BCUT2D eigenvalue weighted by Gasteiger charge is 2.26. The maximum atomic E-state index is 12.3. The summed E-state index contributed by atoms with van der Waals surface area (Å²) in [5.74, 6) is 1.91. The van der Waals surface area contributed by atoms with Gasteiger partial charge < -0.3 is 23.5 Å². The number of rotatable bonds is 4. The number of hydrogen-bond acceptors (Lipinski definition) is 6. The molecule has 168 valence electrons. The average Bonchev–Trinajstić information content (AvgIpc) is 2.84. The van der Waals surface area contributed by atoms with Crippen LogP contribution < -0.4 is 24.7 Å². The Labute approximate surface area is 195 Å². The lowest BCUT2D eigenvalue weighted by Gasteiger charge is -2.33. The van der Waals surface area contributed by atoms with E-state index in [1.807, 2.05) is 54.3 Å². The zero-order valence-corrected chi connectivity index (χ0v) is 19.2. The molecule has 0 bridgehead atoms. The molecule has 7 heteroatoms. The summed E-state index contributed by atoms with van der Waals surface area (Å²) >= 11 is 6.39. The number of aryl methyl sites for hydroxylation is 1. The third-order valence-corrected chi connectivity index (χ3v) is 6.19. The molecule has 1 aliphatic rings. The van der Waals surface area contributed by atoms with Gasteiger partial charge >= 0.3 is 5.63 Å². The fraction of sp³-hybridized carbons (Fsp3) is 0.192. The van der Waals surface area contributed by atoms with Crippen LogP contribution in [0.5, 0.6) is 17.2 Å². The molecule has 0 N–H and O–H groups in total. The normalized spacial score (nSPS) is 12.9. The van der Waals surface area contributed by atoms with Gasteiger partial charge in [-0.3, -0.25) is 0 Å². The third-order valence-electron chi connectivity index (χ3n) is 5.90. The van der Waals surface area contributed by atoms with Crippen LogP contribution >= 0.6 is 11.6 Å². The molecule has 0 spiro atoms. The minimum absolute atomic E-state index is 0.293. The first-order chi connectivity index (χ1) is 16.0. The maximum absolute atomic E-state index is 12.3. The van der Waals surface area contributed by atoms with E-state index in [1.54, 1.807) is 20.3 Å². The van der Waals surface area contributed by atoms with Crippen LogP contribution in [-0.2, 0) is 6.54 Å². The number of ether oxygens (including phenoxy) is 3. The molecular weight excluding hydrogens is 442 g/mol. The number of halogens is 1. The van der Waals surface area contributed by atoms with Gasteiger partial charge in [-0.05, 0) is 30.2 Å². The Morgan fingerprint density at radius 2 is 1.76 bits per heavy atom. The van der Waals surface area contributed by atoms with Gasteiger partial charge in [0.15, 0.2) is 6.73 Å². The van der Waals surface area contributed by atoms with Crippen LogP contribution in [0.2, 0.25) is 5.02 Å². The van der Waals surface area contributed by atoms with Crippen molar-refractivity contribution >= 4 is 28.3 Å². The lowest BCUT2D eigenvalue weighted by atomic mass is 9.97. The van der Waals surface area contributed by atoms with Gasteiger partial charge in [-0.15, -0.1) is 0 Å². The predicted octanol–water partition coefficient (Wildman–Crippen LogP) is 5.80. The van der Waals surface area contributed by atoms with E-state index < -0.39 is 0 Å². The van der Waals surface area contributed by atoms with E-state index in [4.69, 9.17) is 30.2 Å². The van der Waals surface area contributed by atoms with Crippen molar-refractivity contribution in [2.75, 3.05) is 25.9 Å². The van der Waals surface area contributed by atoms with Crippen LogP contribution in [0.3, 0.4) is 0 Å². The van der Waals surface area contributed by atoms with Crippen molar-refractivity contribution in [2.24, 2.45) is 0 Å². The summed E-state index contributed by atoms with van der Waals surface area (Å²) in [5.41, 5.74) is 4.51. The summed E-state index contributed by atoms with van der Waals surface area (Å²) in [6, 6.07) is 17.0. The molecule has 4 aromatic rings. The zero-order valence-electron chi connectivity index (χ0n) is 18.5. The van der Waals surface area contributed by atoms with Crippen molar-refractivity contribution in [3.63, 3.8) is 0 Å². The Morgan fingerprint density at radius 1 is 1.00 bits per heavy atom. The van der Waals surface area contributed by atoms with Crippen LogP contribution in [0, 0.1) is 6.92 Å². The second kappa shape index (κ2) is 8.37. The van der Waals surface area contributed by atoms with Gasteiger partial charge in [0.05, 0.1) is 31.5 Å². The molecule has 1 aromatic heterocycles. The fourth-order valence-corrected chi connectivity index (χ4v) is 4.56. The minimum Gasteiger partial charge on any atom is -0.495 e. The highest BCUT2D eigenvalue weighted by molar-refractivity contribution is 6.32. The molecule has 0 saturated heterocycles. The Balaban J connectivity index is 1.64. The molecule has 0 amide bonds. The predicted molar refractivity (Wildman–Crippen MR) is 129 cm³/mol. The molecule has 5 rings (SSSR count). The zero-order chi connectivity index (χ0) is 23.1. The number of benzene rings is 3. The summed E-state index contributed by atoms with van der Waals surface area (Å²) in [4.78, 5) is 14.4. The van der Waals surface area contributed by atoms with E-state index in [9.17, 15) is 4.79 Å². The van der Waals surface area contributed by atoms with Gasteiger partial charge in [-0.2, -0.15) is 0 Å². The molecule has 3 aromatic carbocycles. The standard InChI is InChI=1S/C26H22ClNO5/c1-15-25-17(9-19-18(10-24(29)33-26(15)19)16-7-5-4-6-8-16)13-28(14-32-25)21-11-20(27)22(30-2)12-23(21)31-3/h4-12H,13-14H2,1-3H3. The van der Waals surface area contributed by atoms with Gasteiger partial charge in [0, 0.05) is 28.6 Å².